The summed E-state index contributed by atoms with van der Waals surface area (Å²) in [6.07, 6.45) is 3.04. The zero-order valence-corrected chi connectivity index (χ0v) is 18.0. The van der Waals surface area contributed by atoms with Crippen molar-refractivity contribution >= 4 is 17.2 Å². The minimum absolute atomic E-state index is 0.0126. The van der Waals surface area contributed by atoms with Gasteiger partial charge < -0.3 is 10.4 Å². The van der Waals surface area contributed by atoms with Crippen LogP contribution in [0, 0.1) is 13.8 Å². The lowest BCUT2D eigenvalue weighted by atomic mass is 9.96. The van der Waals surface area contributed by atoms with Crippen molar-refractivity contribution in [2.24, 2.45) is 0 Å². The third-order valence-electron chi connectivity index (χ3n) is 5.86. The molecule has 158 valence electrons. The molecule has 1 aliphatic heterocycles. The van der Waals surface area contributed by atoms with Gasteiger partial charge >= 0.3 is 0 Å². The van der Waals surface area contributed by atoms with E-state index in [0.717, 1.165) is 40.9 Å². The minimum atomic E-state index is -0.362. The van der Waals surface area contributed by atoms with Gasteiger partial charge in [0.2, 0.25) is 5.91 Å². The summed E-state index contributed by atoms with van der Waals surface area (Å²) in [5.41, 5.74) is 6.40. The molecule has 1 aliphatic rings. The largest absolute Gasteiger partial charge is 0.508 e. The molecule has 1 unspecified atom stereocenters. The number of phenolic OH excluding ortho intramolecular Hbond substituents is 1. The molecule has 0 aliphatic carbocycles. The average molecular weight is 413 g/mol. The zero-order valence-electron chi connectivity index (χ0n) is 18.0. The minimum Gasteiger partial charge on any atom is -0.508 e. The van der Waals surface area contributed by atoms with Crippen molar-refractivity contribution in [1.29, 1.82) is 0 Å². The van der Waals surface area contributed by atoms with E-state index >= 15 is 0 Å². The Morgan fingerprint density at radius 2 is 1.74 bits per heavy atom. The van der Waals surface area contributed by atoms with Crippen LogP contribution in [0.15, 0.2) is 78.9 Å². The van der Waals surface area contributed by atoms with E-state index in [-0.39, 0.29) is 17.7 Å². The van der Waals surface area contributed by atoms with Gasteiger partial charge in [-0.3, -0.25) is 9.69 Å². The Labute approximate surface area is 183 Å². The predicted octanol–water partition coefficient (Wildman–Crippen LogP) is 5.48. The Morgan fingerprint density at radius 1 is 1.00 bits per heavy atom. The van der Waals surface area contributed by atoms with Crippen LogP contribution in [-0.4, -0.2) is 29.0 Å². The summed E-state index contributed by atoms with van der Waals surface area (Å²) in [7, 11) is 0. The number of carbonyl (C=O) groups is 1. The van der Waals surface area contributed by atoms with Crippen molar-refractivity contribution in [3.63, 3.8) is 0 Å². The second-order valence-electron chi connectivity index (χ2n) is 8.14. The first-order chi connectivity index (χ1) is 15.0. The van der Waals surface area contributed by atoms with Gasteiger partial charge in [0.05, 0.1) is 0 Å². The molecule has 0 bridgehead atoms. The van der Waals surface area contributed by atoms with E-state index in [1.54, 1.807) is 12.1 Å². The number of amides is 1. The topological polar surface area (TPSA) is 52.6 Å². The maximum atomic E-state index is 13.5. The maximum absolute atomic E-state index is 13.5. The van der Waals surface area contributed by atoms with Crippen LogP contribution in [0.3, 0.4) is 0 Å². The predicted molar refractivity (Wildman–Crippen MR) is 126 cm³/mol. The fraction of sp³-hybridized carbons (Fsp3) is 0.222. The Morgan fingerprint density at radius 3 is 2.42 bits per heavy atom. The Hall–Kier alpha value is -3.37. The molecular formula is C27H28N2O2. The third kappa shape index (κ3) is 4.86. The van der Waals surface area contributed by atoms with Crippen molar-refractivity contribution in [2.45, 2.75) is 26.3 Å². The van der Waals surface area contributed by atoms with Crippen LogP contribution in [0.5, 0.6) is 5.75 Å². The molecule has 1 heterocycles. The van der Waals surface area contributed by atoms with Gasteiger partial charge in [-0.2, -0.15) is 0 Å². The zero-order chi connectivity index (χ0) is 21.8. The summed E-state index contributed by atoms with van der Waals surface area (Å²) in [6.45, 7) is 5.52. The molecule has 1 atom stereocenters. The van der Waals surface area contributed by atoms with Crippen molar-refractivity contribution in [3.8, 4) is 5.75 Å². The lowest BCUT2D eigenvalue weighted by Crippen LogP contribution is -2.39. The first-order valence-corrected chi connectivity index (χ1v) is 10.7. The van der Waals surface area contributed by atoms with Crippen LogP contribution in [0.4, 0.5) is 5.69 Å². The summed E-state index contributed by atoms with van der Waals surface area (Å²) in [6, 6.07) is 23.0. The molecule has 4 heteroatoms. The number of carbonyl (C=O) groups excluding carboxylic acids is 1. The van der Waals surface area contributed by atoms with Gasteiger partial charge in [-0.25, -0.2) is 0 Å². The first kappa shape index (κ1) is 20.9. The van der Waals surface area contributed by atoms with Gasteiger partial charge in [0.1, 0.15) is 11.8 Å². The van der Waals surface area contributed by atoms with Crippen LogP contribution in [-0.2, 0) is 4.79 Å². The van der Waals surface area contributed by atoms with Gasteiger partial charge in [-0.05, 0) is 66.3 Å². The van der Waals surface area contributed by atoms with Crippen molar-refractivity contribution < 1.29 is 9.90 Å². The fourth-order valence-corrected chi connectivity index (χ4v) is 4.09. The Balaban J connectivity index is 1.58. The number of phenols is 1. The van der Waals surface area contributed by atoms with Crippen molar-refractivity contribution in [1.82, 2.24) is 4.90 Å². The summed E-state index contributed by atoms with van der Waals surface area (Å²) < 4.78 is 0. The molecule has 0 saturated carbocycles. The molecule has 0 fully saturated rings. The molecule has 31 heavy (non-hydrogen) atoms. The molecule has 4 rings (SSSR count). The van der Waals surface area contributed by atoms with E-state index in [4.69, 9.17) is 0 Å². The molecule has 0 aromatic heterocycles. The molecule has 2 N–H and O–H groups in total. The molecule has 0 saturated heterocycles. The molecule has 3 aromatic carbocycles. The number of anilines is 1. The van der Waals surface area contributed by atoms with Gasteiger partial charge in [-0.15, -0.1) is 0 Å². The number of aromatic hydroxyl groups is 1. The summed E-state index contributed by atoms with van der Waals surface area (Å²) in [4.78, 5) is 15.7. The van der Waals surface area contributed by atoms with Crippen LogP contribution in [0.25, 0.3) is 5.57 Å². The quantitative estimate of drug-likeness (QED) is 0.584. The number of rotatable bonds is 5. The normalized spacial score (nSPS) is 15.2. The van der Waals surface area contributed by atoms with Crippen molar-refractivity contribution in [3.05, 3.63) is 101 Å². The van der Waals surface area contributed by atoms with Crippen LogP contribution in [0.2, 0.25) is 0 Å². The van der Waals surface area contributed by atoms with Gasteiger partial charge in [-0.1, -0.05) is 60.7 Å². The van der Waals surface area contributed by atoms with E-state index in [1.807, 2.05) is 68.4 Å². The Bertz CT molecular complexity index is 1090. The van der Waals surface area contributed by atoms with Crippen LogP contribution >= 0.6 is 0 Å². The monoisotopic (exact) mass is 412 g/mol. The summed E-state index contributed by atoms with van der Waals surface area (Å²) >= 11 is 0. The average Bonchev–Trinajstić information content (AvgIpc) is 2.78. The molecular weight excluding hydrogens is 384 g/mol. The number of benzene rings is 3. The number of aryl methyl sites for hydroxylation is 2. The number of nitrogens with zero attached hydrogens (tertiary/aromatic N) is 1. The third-order valence-corrected chi connectivity index (χ3v) is 5.86. The molecule has 4 nitrogen and oxygen atoms in total. The lowest BCUT2D eigenvalue weighted by molar-refractivity contribution is -0.121. The van der Waals surface area contributed by atoms with E-state index in [2.05, 4.69) is 22.4 Å². The van der Waals surface area contributed by atoms with Crippen molar-refractivity contribution in [2.75, 3.05) is 18.4 Å². The smallest absolute Gasteiger partial charge is 0.246 e. The summed E-state index contributed by atoms with van der Waals surface area (Å²) in [5, 5.41) is 12.7. The highest BCUT2D eigenvalue weighted by Crippen LogP contribution is 2.30. The highest BCUT2D eigenvalue weighted by Gasteiger charge is 2.29. The van der Waals surface area contributed by atoms with Crippen LogP contribution < -0.4 is 5.32 Å². The lowest BCUT2D eigenvalue weighted by Gasteiger charge is -2.33. The molecule has 0 radical (unpaired) electrons. The number of hydrogen-bond acceptors (Lipinski definition) is 3. The second kappa shape index (κ2) is 9.19. The SMILES string of the molecule is Cc1ccc(C)c(NC(=O)C(c2ccccc2)N2CC=C(c3ccc(O)cc3)CC2)c1. The second-order valence-corrected chi connectivity index (χ2v) is 8.14. The standard InChI is InChI=1S/C27H28N2O2/c1-19-8-9-20(2)25(18-19)28-27(31)26(23-6-4-3-5-7-23)29-16-14-22(15-17-29)21-10-12-24(30)13-11-21/h3-14,18,26,30H,15-17H2,1-2H3,(H,28,31). The number of nitrogens with one attached hydrogen (secondary N) is 1. The molecule has 1 amide bonds. The fourth-order valence-electron chi connectivity index (χ4n) is 4.09. The van der Waals surface area contributed by atoms with Crippen LogP contribution in [0.1, 0.15) is 34.7 Å². The van der Waals surface area contributed by atoms with E-state index in [0.29, 0.717) is 6.54 Å². The highest BCUT2D eigenvalue weighted by atomic mass is 16.3. The van der Waals surface area contributed by atoms with Gasteiger partial charge in [0.25, 0.3) is 0 Å². The van der Waals surface area contributed by atoms with E-state index < -0.39 is 0 Å². The highest BCUT2D eigenvalue weighted by molar-refractivity contribution is 5.96. The van der Waals surface area contributed by atoms with Gasteiger partial charge in [0.15, 0.2) is 0 Å². The summed E-state index contributed by atoms with van der Waals surface area (Å²) in [5.74, 6) is 0.260. The molecule has 0 spiro atoms. The van der Waals surface area contributed by atoms with Gasteiger partial charge in [0, 0.05) is 18.8 Å². The maximum Gasteiger partial charge on any atom is 0.246 e. The van der Waals surface area contributed by atoms with E-state index in [1.165, 1.54) is 5.57 Å². The van der Waals surface area contributed by atoms with E-state index in [9.17, 15) is 9.90 Å². The first-order valence-electron chi connectivity index (χ1n) is 10.7. The Kier molecular flexibility index (Phi) is 6.19. The molecule has 3 aromatic rings. The number of hydrogen-bond donors (Lipinski definition) is 2.